The molecular weight excluding hydrogens is 475 g/mol. The molecule has 0 spiro atoms. The molecule has 0 aliphatic carbocycles. The Morgan fingerprint density at radius 1 is 1.24 bits per heavy atom. The van der Waals surface area contributed by atoms with E-state index in [1.807, 2.05) is 0 Å². The maximum absolute atomic E-state index is 13.2. The molecular formula is C22H18F3N3O3S2. The lowest BCUT2D eigenvalue weighted by atomic mass is 10.2. The van der Waals surface area contributed by atoms with Gasteiger partial charge < -0.3 is 10.1 Å². The van der Waals surface area contributed by atoms with Gasteiger partial charge in [0.2, 0.25) is 5.91 Å². The van der Waals surface area contributed by atoms with Crippen LogP contribution in [0, 0.1) is 0 Å². The molecule has 0 atom stereocenters. The SMILES string of the molecule is COc1cccc(-n2c(SCC(=O)Nc3cccc(C(F)(F)F)c3)nc3c(c2=O)SCC3)c1. The standard InChI is InChI=1S/C22H18F3N3O3S2/c1-31-16-7-3-6-15(11-16)28-20(30)19-17(8-9-32-19)27-21(28)33-12-18(29)26-14-5-2-4-13(10-14)22(23,24)25/h2-7,10-11H,8-9,12H2,1H3,(H,26,29). The van der Waals surface area contributed by atoms with E-state index in [0.717, 1.165) is 29.6 Å². The Balaban J connectivity index is 1.59. The van der Waals surface area contributed by atoms with Crippen molar-refractivity contribution in [2.24, 2.45) is 0 Å². The van der Waals surface area contributed by atoms with Gasteiger partial charge in [-0.25, -0.2) is 4.98 Å². The van der Waals surface area contributed by atoms with Crippen LogP contribution in [0.15, 0.2) is 63.4 Å². The van der Waals surface area contributed by atoms with E-state index in [9.17, 15) is 22.8 Å². The number of halogens is 3. The summed E-state index contributed by atoms with van der Waals surface area (Å²) in [4.78, 5) is 30.8. The number of methoxy groups -OCH3 is 1. The highest BCUT2D eigenvalue weighted by Gasteiger charge is 2.30. The maximum atomic E-state index is 13.2. The van der Waals surface area contributed by atoms with Gasteiger partial charge in [-0.3, -0.25) is 14.2 Å². The molecule has 0 bridgehead atoms. The Morgan fingerprint density at radius 2 is 2.03 bits per heavy atom. The summed E-state index contributed by atoms with van der Waals surface area (Å²) in [6, 6.07) is 11.4. The highest BCUT2D eigenvalue weighted by molar-refractivity contribution is 8.00. The summed E-state index contributed by atoms with van der Waals surface area (Å²) in [6.45, 7) is 0. The van der Waals surface area contributed by atoms with Crippen LogP contribution in [-0.4, -0.2) is 34.1 Å². The van der Waals surface area contributed by atoms with Crippen LogP contribution in [0.25, 0.3) is 5.69 Å². The van der Waals surface area contributed by atoms with Crippen LogP contribution >= 0.6 is 23.5 Å². The van der Waals surface area contributed by atoms with E-state index >= 15 is 0 Å². The van der Waals surface area contributed by atoms with Gasteiger partial charge >= 0.3 is 6.18 Å². The lowest BCUT2D eigenvalue weighted by molar-refractivity contribution is -0.137. The maximum Gasteiger partial charge on any atom is 0.416 e. The molecule has 3 aromatic rings. The monoisotopic (exact) mass is 493 g/mol. The minimum Gasteiger partial charge on any atom is -0.497 e. The first kappa shape index (κ1) is 23.2. The second-order valence-electron chi connectivity index (χ2n) is 7.03. The normalized spacial score (nSPS) is 13.0. The number of hydrogen-bond acceptors (Lipinski definition) is 6. The van der Waals surface area contributed by atoms with Gasteiger partial charge in [0, 0.05) is 23.9 Å². The first-order valence-electron chi connectivity index (χ1n) is 9.79. The van der Waals surface area contributed by atoms with Crippen LogP contribution in [0.1, 0.15) is 11.3 Å². The number of benzene rings is 2. The molecule has 0 fully saturated rings. The van der Waals surface area contributed by atoms with Gasteiger partial charge in [-0.15, -0.1) is 11.8 Å². The van der Waals surface area contributed by atoms with Crippen LogP contribution in [0.3, 0.4) is 0 Å². The molecule has 1 amide bonds. The Morgan fingerprint density at radius 3 is 2.79 bits per heavy atom. The highest BCUT2D eigenvalue weighted by Crippen LogP contribution is 2.32. The molecule has 11 heteroatoms. The molecule has 1 N–H and O–H groups in total. The minimum atomic E-state index is -4.51. The number of hydrogen-bond donors (Lipinski definition) is 1. The van der Waals surface area contributed by atoms with E-state index in [1.54, 1.807) is 24.3 Å². The van der Waals surface area contributed by atoms with Crippen molar-refractivity contribution in [1.29, 1.82) is 0 Å². The van der Waals surface area contributed by atoms with Crippen LogP contribution in [0.5, 0.6) is 5.75 Å². The molecule has 6 nitrogen and oxygen atoms in total. The van der Waals surface area contributed by atoms with E-state index in [-0.39, 0.29) is 17.0 Å². The Kier molecular flexibility index (Phi) is 6.71. The number of carbonyl (C=O) groups is 1. The number of alkyl halides is 3. The van der Waals surface area contributed by atoms with Crippen molar-refractivity contribution < 1.29 is 22.7 Å². The van der Waals surface area contributed by atoms with Crippen LogP contribution in [0.4, 0.5) is 18.9 Å². The largest absolute Gasteiger partial charge is 0.497 e. The van der Waals surface area contributed by atoms with E-state index < -0.39 is 17.6 Å². The second kappa shape index (κ2) is 9.52. The Bertz CT molecular complexity index is 1260. The number of anilines is 1. The van der Waals surface area contributed by atoms with Crippen LogP contribution in [0.2, 0.25) is 0 Å². The fourth-order valence-electron chi connectivity index (χ4n) is 3.27. The summed E-state index contributed by atoms with van der Waals surface area (Å²) in [5.41, 5.74) is 0.195. The van der Waals surface area contributed by atoms with Crippen molar-refractivity contribution in [3.63, 3.8) is 0 Å². The first-order chi connectivity index (χ1) is 15.8. The summed E-state index contributed by atoms with van der Waals surface area (Å²) in [6.07, 6.45) is -3.85. The van der Waals surface area contributed by atoms with Gasteiger partial charge in [0.1, 0.15) is 5.75 Å². The number of carbonyl (C=O) groups excluding carboxylic acids is 1. The molecule has 2 aromatic carbocycles. The molecule has 1 aliphatic heterocycles. The summed E-state index contributed by atoms with van der Waals surface area (Å²) in [5.74, 6) is 0.657. The van der Waals surface area contributed by atoms with E-state index in [4.69, 9.17) is 4.74 Å². The summed E-state index contributed by atoms with van der Waals surface area (Å²) < 4.78 is 45.4. The van der Waals surface area contributed by atoms with Gasteiger partial charge in [-0.1, -0.05) is 23.9 Å². The zero-order chi connectivity index (χ0) is 23.6. The first-order valence-corrected chi connectivity index (χ1v) is 11.8. The molecule has 2 heterocycles. The third-order valence-corrected chi connectivity index (χ3v) is 6.83. The molecule has 0 unspecified atom stereocenters. The van der Waals surface area contributed by atoms with Gasteiger partial charge in [0.05, 0.1) is 34.7 Å². The number of ether oxygens (including phenoxy) is 1. The summed E-state index contributed by atoms with van der Waals surface area (Å²) in [5, 5.41) is 2.80. The molecule has 0 saturated heterocycles. The minimum absolute atomic E-state index is 0.0407. The number of nitrogens with zero attached hydrogens (tertiary/aromatic N) is 2. The summed E-state index contributed by atoms with van der Waals surface area (Å²) in [7, 11) is 1.52. The van der Waals surface area contributed by atoms with E-state index in [2.05, 4.69) is 10.3 Å². The van der Waals surface area contributed by atoms with Crippen molar-refractivity contribution in [2.75, 3.05) is 23.9 Å². The van der Waals surface area contributed by atoms with Crippen molar-refractivity contribution in [3.05, 3.63) is 70.1 Å². The van der Waals surface area contributed by atoms with Gasteiger partial charge in [0.25, 0.3) is 5.56 Å². The van der Waals surface area contributed by atoms with Crippen molar-refractivity contribution >= 4 is 35.1 Å². The van der Waals surface area contributed by atoms with Crippen molar-refractivity contribution in [3.8, 4) is 11.4 Å². The number of aromatic nitrogens is 2. The van der Waals surface area contributed by atoms with Gasteiger partial charge in [-0.2, -0.15) is 13.2 Å². The molecule has 33 heavy (non-hydrogen) atoms. The van der Waals surface area contributed by atoms with E-state index in [1.165, 1.54) is 35.6 Å². The topological polar surface area (TPSA) is 73.2 Å². The number of thioether (sulfide) groups is 2. The quantitative estimate of drug-likeness (QED) is 0.399. The Hall–Kier alpha value is -2.92. The molecule has 0 saturated carbocycles. The molecule has 0 radical (unpaired) electrons. The third-order valence-electron chi connectivity index (χ3n) is 4.78. The smallest absolute Gasteiger partial charge is 0.416 e. The fraction of sp³-hybridized carbons (Fsp3) is 0.227. The highest BCUT2D eigenvalue weighted by atomic mass is 32.2. The lowest BCUT2D eigenvalue weighted by Gasteiger charge is -2.14. The molecule has 172 valence electrons. The zero-order valence-electron chi connectivity index (χ0n) is 17.3. The van der Waals surface area contributed by atoms with Gasteiger partial charge in [0.15, 0.2) is 5.16 Å². The molecule has 1 aromatic heterocycles. The van der Waals surface area contributed by atoms with E-state index in [0.29, 0.717) is 33.6 Å². The van der Waals surface area contributed by atoms with Gasteiger partial charge in [-0.05, 0) is 30.3 Å². The predicted molar refractivity (Wildman–Crippen MR) is 122 cm³/mol. The average Bonchev–Trinajstić information content (AvgIpc) is 3.26. The number of rotatable bonds is 6. The average molecular weight is 494 g/mol. The van der Waals surface area contributed by atoms with Crippen molar-refractivity contribution in [2.45, 2.75) is 22.6 Å². The predicted octanol–water partition coefficient (Wildman–Crippen LogP) is 4.64. The van der Waals surface area contributed by atoms with Crippen molar-refractivity contribution in [1.82, 2.24) is 9.55 Å². The molecule has 4 rings (SSSR count). The number of nitrogens with one attached hydrogen (secondary N) is 1. The second-order valence-corrected chi connectivity index (χ2v) is 9.07. The zero-order valence-corrected chi connectivity index (χ0v) is 18.9. The number of aryl methyl sites for hydroxylation is 1. The number of fused-ring (bicyclic) bond motifs is 1. The molecule has 1 aliphatic rings. The van der Waals surface area contributed by atoms with Crippen LogP contribution < -0.4 is 15.6 Å². The lowest BCUT2D eigenvalue weighted by Crippen LogP contribution is -2.24. The number of amides is 1. The third kappa shape index (κ3) is 5.19. The Labute approximate surface area is 195 Å². The van der Waals surface area contributed by atoms with Crippen LogP contribution in [-0.2, 0) is 17.4 Å². The summed E-state index contributed by atoms with van der Waals surface area (Å²) >= 11 is 2.48. The fourth-order valence-corrected chi connectivity index (χ4v) is 5.12.